The van der Waals surface area contributed by atoms with Crippen molar-refractivity contribution in [1.29, 1.82) is 0 Å². The van der Waals surface area contributed by atoms with E-state index in [2.05, 4.69) is 38.5 Å². The fourth-order valence-electron chi connectivity index (χ4n) is 1.37. The van der Waals surface area contributed by atoms with Gasteiger partial charge in [0.1, 0.15) is 0 Å². The molecule has 1 rings (SSSR count). The van der Waals surface area contributed by atoms with Gasteiger partial charge in [-0.1, -0.05) is 15.9 Å². The smallest absolute Gasteiger partial charge is 0.253 e. The van der Waals surface area contributed by atoms with Crippen molar-refractivity contribution in [2.75, 3.05) is 13.1 Å². The fraction of sp³-hybridized carbons (Fsp3) is 0.364. The van der Waals surface area contributed by atoms with E-state index in [0.29, 0.717) is 0 Å². The second-order valence-corrected chi connectivity index (χ2v) is 5.30. The number of halogens is 2. The lowest BCUT2D eigenvalue weighted by atomic mass is 10.2. The van der Waals surface area contributed by atoms with Crippen LogP contribution in [0.5, 0.6) is 0 Å². The molecule has 0 aliphatic carbocycles. The number of carbonyl (C=O) groups is 1. The summed E-state index contributed by atoms with van der Waals surface area (Å²) in [5.74, 6) is 0.0965. The molecule has 0 aliphatic rings. The average molecular weight is 382 g/mol. The number of rotatable bonds is 3. The maximum Gasteiger partial charge on any atom is 0.253 e. The van der Waals surface area contributed by atoms with Crippen LogP contribution in [0, 0.1) is 3.57 Å². The maximum absolute atomic E-state index is 12.0. The van der Waals surface area contributed by atoms with Crippen LogP contribution in [0.4, 0.5) is 0 Å². The van der Waals surface area contributed by atoms with Crippen LogP contribution in [0.1, 0.15) is 24.2 Å². The molecule has 0 radical (unpaired) electrons. The molecule has 0 heterocycles. The summed E-state index contributed by atoms with van der Waals surface area (Å²) in [7, 11) is 0. The Labute approximate surface area is 112 Å². The van der Waals surface area contributed by atoms with E-state index in [0.717, 1.165) is 26.7 Å². The molecule has 0 unspecified atom stereocenters. The molecule has 1 amide bonds. The number of hydrogen-bond acceptors (Lipinski definition) is 1. The Kier molecular flexibility index (Phi) is 5.05. The van der Waals surface area contributed by atoms with Crippen LogP contribution < -0.4 is 0 Å². The molecule has 0 spiro atoms. The number of nitrogens with zero attached hydrogens (tertiary/aromatic N) is 1. The molecule has 1 aromatic rings. The molecule has 0 N–H and O–H groups in total. The lowest BCUT2D eigenvalue weighted by Crippen LogP contribution is -2.30. The maximum atomic E-state index is 12.0. The van der Waals surface area contributed by atoms with E-state index in [9.17, 15) is 4.79 Å². The van der Waals surface area contributed by atoms with Crippen molar-refractivity contribution in [3.63, 3.8) is 0 Å². The Morgan fingerprint density at radius 3 is 2.40 bits per heavy atom. The zero-order valence-corrected chi connectivity index (χ0v) is 12.5. The van der Waals surface area contributed by atoms with Crippen LogP contribution in [-0.4, -0.2) is 23.9 Å². The van der Waals surface area contributed by atoms with Crippen LogP contribution in [0.25, 0.3) is 0 Å². The van der Waals surface area contributed by atoms with Gasteiger partial charge in [-0.3, -0.25) is 4.79 Å². The highest BCUT2D eigenvalue weighted by Crippen LogP contribution is 2.18. The summed E-state index contributed by atoms with van der Waals surface area (Å²) in [6.45, 7) is 5.48. The first-order chi connectivity index (χ1) is 7.08. The molecule has 0 saturated heterocycles. The molecule has 1 aromatic carbocycles. The standard InChI is InChI=1S/C11H13BrINO/c1-3-14(4-2)11(15)8-5-9(12)7-10(13)6-8/h5-7H,3-4H2,1-2H3. The van der Waals surface area contributed by atoms with Gasteiger partial charge in [0.25, 0.3) is 5.91 Å². The molecule has 0 atom stereocenters. The quantitative estimate of drug-likeness (QED) is 0.733. The normalized spacial score (nSPS) is 10.1. The van der Waals surface area contributed by atoms with Gasteiger partial charge < -0.3 is 4.90 Å². The van der Waals surface area contributed by atoms with Crippen molar-refractivity contribution < 1.29 is 4.79 Å². The van der Waals surface area contributed by atoms with Gasteiger partial charge >= 0.3 is 0 Å². The van der Waals surface area contributed by atoms with Gasteiger partial charge in [-0.05, 0) is 54.6 Å². The van der Waals surface area contributed by atoms with Crippen molar-refractivity contribution in [3.05, 3.63) is 31.8 Å². The molecular weight excluding hydrogens is 369 g/mol. The van der Waals surface area contributed by atoms with Gasteiger partial charge in [0.15, 0.2) is 0 Å². The van der Waals surface area contributed by atoms with E-state index in [1.165, 1.54) is 0 Å². The summed E-state index contributed by atoms with van der Waals surface area (Å²) in [6, 6.07) is 5.76. The average Bonchev–Trinajstić information content (AvgIpc) is 2.18. The van der Waals surface area contributed by atoms with Crippen molar-refractivity contribution in [2.45, 2.75) is 13.8 Å². The second kappa shape index (κ2) is 5.84. The minimum atomic E-state index is 0.0965. The summed E-state index contributed by atoms with van der Waals surface area (Å²) < 4.78 is 2.02. The predicted octanol–water partition coefficient (Wildman–Crippen LogP) is 3.54. The Hall–Kier alpha value is -0.100. The summed E-state index contributed by atoms with van der Waals surface area (Å²) in [5.41, 5.74) is 0.748. The second-order valence-electron chi connectivity index (χ2n) is 3.14. The SMILES string of the molecule is CCN(CC)C(=O)c1cc(Br)cc(I)c1. The van der Waals surface area contributed by atoms with Crippen molar-refractivity contribution in [1.82, 2.24) is 4.90 Å². The highest BCUT2D eigenvalue weighted by Gasteiger charge is 2.13. The van der Waals surface area contributed by atoms with Gasteiger partial charge in [-0.2, -0.15) is 0 Å². The molecule has 15 heavy (non-hydrogen) atoms. The molecule has 0 saturated carbocycles. The van der Waals surface area contributed by atoms with Crippen LogP contribution in [0.3, 0.4) is 0 Å². The van der Waals surface area contributed by atoms with Crippen molar-refractivity contribution in [2.24, 2.45) is 0 Å². The number of hydrogen-bond donors (Lipinski definition) is 0. The van der Waals surface area contributed by atoms with Gasteiger partial charge in [-0.25, -0.2) is 0 Å². The predicted molar refractivity (Wildman–Crippen MR) is 74.1 cm³/mol. The van der Waals surface area contributed by atoms with Crippen LogP contribution in [-0.2, 0) is 0 Å². The largest absolute Gasteiger partial charge is 0.339 e. The van der Waals surface area contributed by atoms with E-state index in [1.54, 1.807) is 0 Å². The highest BCUT2D eigenvalue weighted by molar-refractivity contribution is 14.1. The number of benzene rings is 1. The fourth-order valence-corrected chi connectivity index (χ4v) is 2.96. The van der Waals surface area contributed by atoms with Crippen LogP contribution in [0.2, 0.25) is 0 Å². The van der Waals surface area contributed by atoms with E-state index in [-0.39, 0.29) is 5.91 Å². The minimum absolute atomic E-state index is 0.0965. The highest BCUT2D eigenvalue weighted by atomic mass is 127. The lowest BCUT2D eigenvalue weighted by Gasteiger charge is -2.18. The van der Waals surface area contributed by atoms with Gasteiger partial charge in [0.2, 0.25) is 0 Å². The first-order valence-electron chi connectivity index (χ1n) is 4.83. The molecule has 0 aromatic heterocycles. The molecule has 0 fully saturated rings. The Morgan fingerprint density at radius 2 is 1.93 bits per heavy atom. The first kappa shape index (κ1) is 13.0. The third-order valence-corrected chi connectivity index (χ3v) is 3.24. The molecule has 0 aliphatic heterocycles. The van der Waals surface area contributed by atoms with E-state index < -0.39 is 0 Å². The third kappa shape index (κ3) is 3.45. The number of amides is 1. The third-order valence-electron chi connectivity index (χ3n) is 2.16. The Morgan fingerprint density at radius 1 is 1.33 bits per heavy atom. The summed E-state index contributed by atoms with van der Waals surface area (Å²) >= 11 is 5.61. The lowest BCUT2D eigenvalue weighted by molar-refractivity contribution is 0.0773. The summed E-state index contributed by atoms with van der Waals surface area (Å²) in [4.78, 5) is 13.8. The van der Waals surface area contributed by atoms with Gasteiger partial charge in [-0.15, -0.1) is 0 Å². The van der Waals surface area contributed by atoms with E-state index in [1.807, 2.05) is 36.9 Å². The summed E-state index contributed by atoms with van der Waals surface area (Å²) in [5, 5.41) is 0. The molecule has 2 nitrogen and oxygen atoms in total. The number of carbonyl (C=O) groups excluding carboxylic acids is 1. The molecule has 82 valence electrons. The van der Waals surface area contributed by atoms with Gasteiger partial charge in [0.05, 0.1) is 0 Å². The topological polar surface area (TPSA) is 20.3 Å². The monoisotopic (exact) mass is 381 g/mol. The minimum Gasteiger partial charge on any atom is -0.339 e. The van der Waals surface area contributed by atoms with Crippen LogP contribution in [0.15, 0.2) is 22.7 Å². The first-order valence-corrected chi connectivity index (χ1v) is 6.71. The zero-order valence-electron chi connectivity index (χ0n) is 8.76. The van der Waals surface area contributed by atoms with E-state index in [4.69, 9.17) is 0 Å². The van der Waals surface area contributed by atoms with Crippen molar-refractivity contribution in [3.8, 4) is 0 Å². The Balaban J connectivity index is 3.00. The summed E-state index contributed by atoms with van der Waals surface area (Å²) in [6.07, 6.45) is 0. The van der Waals surface area contributed by atoms with Crippen molar-refractivity contribution >= 4 is 44.4 Å². The van der Waals surface area contributed by atoms with Crippen LogP contribution >= 0.6 is 38.5 Å². The van der Waals surface area contributed by atoms with E-state index >= 15 is 0 Å². The zero-order chi connectivity index (χ0) is 11.4. The Bertz CT molecular complexity index is 343. The van der Waals surface area contributed by atoms with Gasteiger partial charge in [0, 0.05) is 26.7 Å². The molecule has 4 heteroatoms. The molecular formula is C11H13BrINO. The molecule has 0 bridgehead atoms.